The fraction of sp³-hybridized carbons (Fsp3) is 0.222. The zero-order chi connectivity index (χ0) is 18.4. The molecular weight excluding hydrogens is 339 g/mol. The number of anilines is 1. The largest absolute Gasteiger partial charge is 0.506 e. The van der Waals surface area contributed by atoms with Gasteiger partial charge in [-0.2, -0.15) is 0 Å². The number of hydrogen-bond donors (Lipinski definition) is 2. The first kappa shape index (κ1) is 16.2. The van der Waals surface area contributed by atoms with E-state index in [0.29, 0.717) is 23.9 Å². The monoisotopic (exact) mass is 354 g/mol. The Hall–Kier alpha value is -3.29. The molecule has 1 aliphatic heterocycles. The molecule has 7 nitrogen and oxygen atoms in total. The van der Waals surface area contributed by atoms with Crippen molar-refractivity contribution in [3.05, 3.63) is 58.0 Å². The number of nitrogens with one attached hydrogen (secondary N) is 1. The molecule has 1 aromatic carbocycles. The highest BCUT2D eigenvalue weighted by Gasteiger charge is 2.28. The van der Waals surface area contributed by atoms with Crippen molar-refractivity contribution >= 4 is 22.6 Å². The second-order valence-corrected chi connectivity index (χ2v) is 6.29. The van der Waals surface area contributed by atoms with Gasteiger partial charge in [0.05, 0.1) is 11.7 Å². The number of hydrogen-bond acceptors (Lipinski definition) is 5. The van der Waals surface area contributed by atoms with E-state index in [4.69, 9.17) is 0 Å². The van der Waals surface area contributed by atoms with Crippen LogP contribution in [0.2, 0.25) is 0 Å². The normalized spacial score (nSPS) is 15.8. The van der Waals surface area contributed by atoms with Crippen molar-refractivity contribution in [2.75, 3.05) is 5.32 Å². The predicted octanol–water partition coefficient (Wildman–Crippen LogP) is 2.40. The van der Waals surface area contributed by atoms with Gasteiger partial charge in [0.2, 0.25) is 0 Å². The first-order valence-corrected chi connectivity index (χ1v) is 8.14. The van der Waals surface area contributed by atoms with Crippen molar-refractivity contribution in [2.24, 2.45) is 0 Å². The summed E-state index contributed by atoms with van der Waals surface area (Å²) in [6, 6.07) is 2.33. The quantitative estimate of drug-likeness (QED) is 0.736. The van der Waals surface area contributed by atoms with Gasteiger partial charge in [0.15, 0.2) is 5.82 Å². The fourth-order valence-electron chi connectivity index (χ4n) is 3.43. The molecule has 1 aliphatic rings. The van der Waals surface area contributed by atoms with Gasteiger partial charge in [0, 0.05) is 23.8 Å². The number of aromatic hydroxyl groups is 1. The molecule has 2 aromatic heterocycles. The first-order valence-electron chi connectivity index (χ1n) is 8.14. The molecule has 1 amide bonds. The molecule has 3 aromatic rings. The maximum atomic E-state index is 14.0. The minimum Gasteiger partial charge on any atom is -0.506 e. The molecule has 2 N–H and O–H groups in total. The van der Waals surface area contributed by atoms with Crippen molar-refractivity contribution in [3.63, 3.8) is 0 Å². The van der Waals surface area contributed by atoms with E-state index in [1.807, 2.05) is 6.92 Å². The van der Waals surface area contributed by atoms with E-state index in [2.05, 4.69) is 15.3 Å². The Kier molecular flexibility index (Phi) is 3.68. The zero-order valence-corrected chi connectivity index (χ0v) is 13.9. The molecule has 3 heterocycles. The maximum Gasteiger partial charge on any atom is 0.267 e. The molecular formula is C18H15FN4O3. The van der Waals surface area contributed by atoms with E-state index < -0.39 is 28.6 Å². The standard InChI is InChI=1S/C18H15FN4O3/c1-9-2-3-10-6-11(19)7-12-15(10)23(9)18(26)14(16(12)24)17(25)22-13-8-20-4-5-21-13/h4-9,24H,2-3H2,1H3,(H,21,22,25)/t9-/m0/s1. The molecule has 4 rings (SSSR count). The van der Waals surface area contributed by atoms with Crippen LogP contribution in [0.1, 0.15) is 35.3 Å². The van der Waals surface area contributed by atoms with E-state index in [-0.39, 0.29) is 17.2 Å². The van der Waals surface area contributed by atoms with E-state index in [0.717, 1.165) is 6.07 Å². The van der Waals surface area contributed by atoms with Crippen LogP contribution in [-0.2, 0) is 6.42 Å². The number of aromatic nitrogens is 3. The molecule has 0 saturated carbocycles. The van der Waals surface area contributed by atoms with Crippen LogP contribution in [0.4, 0.5) is 10.2 Å². The van der Waals surface area contributed by atoms with Gasteiger partial charge in [-0.1, -0.05) is 0 Å². The third kappa shape index (κ3) is 2.42. The SMILES string of the molecule is C[C@H]1CCc2cc(F)cc3c(O)c(C(=O)Nc4cnccn4)c(=O)n1c23. The molecule has 8 heteroatoms. The van der Waals surface area contributed by atoms with Gasteiger partial charge >= 0.3 is 0 Å². The summed E-state index contributed by atoms with van der Waals surface area (Å²) < 4.78 is 15.4. The Morgan fingerprint density at radius 1 is 1.38 bits per heavy atom. The molecule has 0 bridgehead atoms. The Morgan fingerprint density at radius 2 is 2.19 bits per heavy atom. The van der Waals surface area contributed by atoms with Gasteiger partial charge in [0.25, 0.3) is 11.5 Å². The van der Waals surface area contributed by atoms with Crippen LogP contribution in [0.5, 0.6) is 5.75 Å². The van der Waals surface area contributed by atoms with Crippen molar-refractivity contribution in [1.29, 1.82) is 0 Å². The van der Waals surface area contributed by atoms with Gasteiger partial charge < -0.3 is 15.0 Å². The van der Waals surface area contributed by atoms with Gasteiger partial charge in [0.1, 0.15) is 17.1 Å². The summed E-state index contributed by atoms with van der Waals surface area (Å²) in [5.41, 5.74) is 0.0694. The lowest BCUT2D eigenvalue weighted by Gasteiger charge is -2.26. The third-order valence-electron chi connectivity index (χ3n) is 4.62. The number of carbonyl (C=O) groups excluding carboxylic acids is 1. The summed E-state index contributed by atoms with van der Waals surface area (Å²) in [4.78, 5) is 33.3. The summed E-state index contributed by atoms with van der Waals surface area (Å²) in [6.07, 6.45) is 5.38. The van der Waals surface area contributed by atoms with Crippen LogP contribution in [0.3, 0.4) is 0 Å². The van der Waals surface area contributed by atoms with E-state index in [1.54, 1.807) is 0 Å². The smallest absolute Gasteiger partial charge is 0.267 e. The van der Waals surface area contributed by atoms with E-state index in [9.17, 15) is 19.1 Å². The van der Waals surface area contributed by atoms with Crippen molar-refractivity contribution in [3.8, 4) is 5.75 Å². The molecule has 0 aliphatic carbocycles. The van der Waals surface area contributed by atoms with Crippen molar-refractivity contribution < 1.29 is 14.3 Å². The zero-order valence-electron chi connectivity index (χ0n) is 13.9. The second-order valence-electron chi connectivity index (χ2n) is 6.29. The molecule has 0 fully saturated rings. The lowest BCUT2D eigenvalue weighted by atomic mass is 9.95. The summed E-state index contributed by atoms with van der Waals surface area (Å²) in [5.74, 6) is -1.73. The number of halogens is 1. The number of aryl methyl sites for hydroxylation is 1. The lowest BCUT2D eigenvalue weighted by molar-refractivity contribution is 0.102. The highest BCUT2D eigenvalue weighted by molar-refractivity contribution is 6.09. The molecule has 26 heavy (non-hydrogen) atoms. The highest BCUT2D eigenvalue weighted by atomic mass is 19.1. The summed E-state index contributed by atoms with van der Waals surface area (Å²) in [7, 11) is 0. The number of rotatable bonds is 2. The van der Waals surface area contributed by atoms with E-state index >= 15 is 0 Å². The summed E-state index contributed by atoms with van der Waals surface area (Å²) >= 11 is 0. The third-order valence-corrected chi connectivity index (χ3v) is 4.62. The Balaban J connectivity index is 1.96. The van der Waals surface area contributed by atoms with Crippen LogP contribution < -0.4 is 10.9 Å². The number of benzene rings is 1. The van der Waals surface area contributed by atoms with Crippen LogP contribution in [0.25, 0.3) is 10.9 Å². The minimum absolute atomic E-state index is 0.142. The lowest BCUT2D eigenvalue weighted by Crippen LogP contribution is -2.33. The average molecular weight is 354 g/mol. The van der Waals surface area contributed by atoms with Gasteiger partial charge in [-0.05, 0) is 37.5 Å². The van der Waals surface area contributed by atoms with E-state index in [1.165, 1.54) is 29.2 Å². The second kappa shape index (κ2) is 5.91. The number of pyridine rings is 1. The summed E-state index contributed by atoms with van der Waals surface area (Å²) in [5, 5.41) is 13.2. The average Bonchev–Trinajstić information content (AvgIpc) is 2.61. The maximum absolute atomic E-state index is 14.0. The van der Waals surface area contributed by atoms with Gasteiger partial charge in [-0.25, -0.2) is 9.37 Å². The Labute approximate surface area is 147 Å². The van der Waals surface area contributed by atoms with Crippen molar-refractivity contribution in [2.45, 2.75) is 25.8 Å². The molecule has 0 spiro atoms. The molecule has 132 valence electrons. The highest BCUT2D eigenvalue weighted by Crippen LogP contribution is 2.35. The molecule has 0 saturated heterocycles. The van der Waals surface area contributed by atoms with Crippen LogP contribution in [-0.4, -0.2) is 25.5 Å². The molecule has 0 radical (unpaired) electrons. The summed E-state index contributed by atoms with van der Waals surface area (Å²) in [6.45, 7) is 1.86. The van der Waals surface area contributed by atoms with Crippen LogP contribution in [0.15, 0.2) is 35.5 Å². The number of carbonyl (C=O) groups is 1. The topological polar surface area (TPSA) is 97.1 Å². The first-order chi connectivity index (χ1) is 12.5. The predicted molar refractivity (Wildman–Crippen MR) is 92.8 cm³/mol. The Bertz CT molecular complexity index is 1100. The van der Waals surface area contributed by atoms with Gasteiger partial charge in [-0.15, -0.1) is 0 Å². The number of amides is 1. The number of nitrogens with zero attached hydrogens (tertiary/aromatic N) is 3. The minimum atomic E-state index is -0.817. The van der Waals surface area contributed by atoms with Gasteiger partial charge in [-0.3, -0.25) is 14.6 Å². The molecule has 1 atom stereocenters. The Morgan fingerprint density at radius 3 is 2.92 bits per heavy atom. The van der Waals surface area contributed by atoms with Crippen LogP contribution in [0, 0.1) is 5.82 Å². The molecule has 0 unspecified atom stereocenters. The fourth-order valence-corrected chi connectivity index (χ4v) is 3.43. The van der Waals surface area contributed by atoms with Crippen molar-refractivity contribution in [1.82, 2.24) is 14.5 Å². The van der Waals surface area contributed by atoms with Crippen LogP contribution >= 0.6 is 0 Å².